The number of rotatable bonds is 8. The molecule has 100 valence electrons. The van der Waals surface area contributed by atoms with Gasteiger partial charge in [0.25, 0.3) is 5.91 Å². The van der Waals surface area contributed by atoms with E-state index in [-0.39, 0.29) is 17.6 Å². The molecule has 1 aliphatic rings. The van der Waals surface area contributed by atoms with Crippen molar-refractivity contribution in [2.75, 3.05) is 13.1 Å². The van der Waals surface area contributed by atoms with Crippen LogP contribution in [0.1, 0.15) is 39.5 Å². The highest BCUT2D eigenvalue weighted by Crippen LogP contribution is 2.12. The lowest BCUT2D eigenvalue weighted by Gasteiger charge is -2.22. The molecule has 1 amide bonds. The predicted molar refractivity (Wildman–Crippen MR) is 73.2 cm³/mol. The van der Waals surface area contributed by atoms with E-state index in [9.17, 15) is 9.59 Å². The maximum Gasteiger partial charge on any atom is 0.290 e. The lowest BCUT2D eigenvalue weighted by Crippen LogP contribution is -2.40. The number of amides is 1. The van der Waals surface area contributed by atoms with Gasteiger partial charge >= 0.3 is 0 Å². The fourth-order valence-electron chi connectivity index (χ4n) is 1.92. The first-order chi connectivity index (χ1) is 8.70. The molecule has 0 spiro atoms. The number of carbonyl (C=O) groups is 2. The molecule has 18 heavy (non-hydrogen) atoms. The molecule has 0 aromatic carbocycles. The SMILES string of the molecule is CCCCN(CCCC)C(=O)C(=O)C1C=CC=C1. The second-order valence-electron chi connectivity index (χ2n) is 4.66. The Morgan fingerprint density at radius 2 is 1.50 bits per heavy atom. The van der Waals surface area contributed by atoms with Crippen LogP contribution in [0.5, 0.6) is 0 Å². The number of hydrogen-bond acceptors (Lipinski definition) is 2. The number of hydrogen-bond donors (Lipinski definition) is 0. The Hall–Kier alpha value is -1.38. The fraction of sp³-hybridized carbons (Fsp3) is 0.600. The molecular weight excluding hydrogens is 226 g/mol. The van der Waals surface area contributed by atoms with E-state index in [0.717, 1.165) is 25.7 Å². The van der Waals surface area contributed by atoms with Crippen LogP contribution in [-0.2, 0) is 9.59 Å². The Balaban J connectivity index is 2.58. The lowest BCUT2D eigenvalue weighted by molar-refractivity contribution is -0.145. The summed E-state index contributed by atoms with van der Waals surface area (Å²) in [6.45, 7) is 5.57. The van der Waals surface area contributed by atoms with Crippen molar-refractivity contribution in [2.45, 2.75) is 39.5 Å². The van der Waals surface area contributed by atoms with Gasteiger partial charge in [-0.05, 0) is 12.8 Å². The Morgan fingerprint density at radius 3 is 1.94 bits per heavy atom. The quantitative estimate of drug-likeness (QED) is 0.620. The van der Waals surface area contributed by atoms with Crippen LogP contribution in [0.2, 0.25) is 0 Å². The molecule has 0 saturated heterocycles. The van der Waals surface area contributed by atoms with E-state index in [0.29, 0.717) is 13.1 Å². The second-order valence-corrected chi connectivity index (χ2v) is 4.66. The second kappa shape index (κ2) is 7.85. The molecule has 0 unspecified atom stereocenters. The van der Waals surface area contributed by atoms with Gasteiger partial charge in [-0.15, -0.1) is 0 Å². The van der Waals surface area contributed by atoms with Crippen LogP contribution in [0.4, 0.5) is 0 Å². The van der Waals surface area contributed by atoms with Crippen molar-refractivity contribution in [3.63, 3.8) is 0 Å². The highest BCUT2D eigenvalue weighted by molar-refractivity contribution is 6.37. The predicted octanol–water partition coefficient (Wildman–Crippen LogP) is 2.73. The summed E-state index contributed by atoms with van der Waals surface area (Å²) in [5.74, 6) is -0.964. The third-order valence-corrected chi connectivity index (χ3v) is 3.11. The fourth-order valence-corrected chi connectivity index (χ4v) is 1.92. The summed E-state index contributed by atoms with van der Waals surface area (Å²) in [6, 6.07) is 0. The molecule has 1 aliphatic carbocycles. The van der Waals surface area contributed by atoms with Gasteiger partial charge in [-0.2, -0.15) is 0 Å². The van der Waals surface area contributed by atoms with E-state index in [1.807, 2.05) is 12.2 Å². The van der Waals surface area contributed by atoms with E-state index in [2.05, 4.69) is 13.8 Å². The van der Waals surface area contributed by atoms with Crippen molar-refractivity contribution in [3.8, 4) is 0 Å². The smallest absolute Gasteiger partial charge is 0.290 e. The first-order valence-corrected chi connectivity index (χ1v) is 6.88. The van der Waals surface area contributed by atoms with Crippen molar-refractivity contribution in [3.05, 3.63) is 24.3 Å². The van der Waals surface area contributed by atoms with Crippen LogP contribution in [0.15, 0.2) is 24.3 Å². The van der Waals surface area contributed by atoms with Gasteiger partial charge in [-0.25, -0.2) is 0 Å². The molecular formula is C15H23NO2. The molecule has 0 aromatic rings. The zero-order valence-corrected chi connectivity index (χ0v) is 11.4. The lowest BCUT2D eigenvalue weighted by atomic mass is 10.1. The van der Waals surface area contributed by atoms with Crippen LogP contribution in [0.3, 0.4) is 0 Å². The van der Waals surface area contributed by atoms with Crippen LogP contribution >= 0.6 is 0 Å². The molecule has 0 aliphatic heterocycles. The van der Waals surface area contributed by atoms with Crippen molar-refractivity contribution >= 4 is 11.7 Å². The summed E-state index contributed by atoms with van der Waals surface area (Å²) >= 11 is 0. The monoisotopic (exact) mass is 249 g/mol. The highest BCUT2D eigenvalue weighted by atomic mass is 16.2. The van der Waals surface area contributed by atoms with Crippen LogP contribution in [-0.4, -0.2) is 29.7 Å². The normalized spacial score (nSPS) is 14.1. The first kappa shape index (κ1) is 14.7. The first-order valence-electron chi connectivity index (χ1n) is 6.88. The number of allylic oxidation sites excluding steroid dienone is 4. The molecule has 0 radical (unpaired) electrons. The van der Waals surface area contributed by atoms with Crippen molar-refractivity contribution in [1.82, 2.24) is 4.90 Å². The molecule has 1 rings (SSSR count). The van der Waals surface area contributed by atoms with Gasteiger partial charge in [0.2, 0.25) is 5.78 Å². The molecule has 0 aromatic heterocycles. The summed E-state index contributed by atoms with van der Waals surface area (Å²) in [7, 11) is 0. The van der Waals surface area contributed by atoms with Crippen molar-refractivity contribution < 1.29 is 9.59 Å². The standard InChI is InChI=1S/C15H23NO2/c1-3-5-11-16(12-6-4-2)15(18)14(17)13-9-7-8-10-13/h7-10,13H,3-6,11-12H2,1-2H3. The average Bonchev–Trinajstić information content (AvgIpc) is 2.91. The van der Waals surface area contributed by atoms with Gasteiger partial charge < -0.3 is 4.90 Å². The molecule has 0 saturated carbocycles. The minimum absolute atomic E-state index is 0.299. The number of nitrogens with zero attached hydrogens (tertiary/aromatic N) is 1. The van der Waals surface area contributed by atoms with E-state index < -0.39 is 0 Å². The summed E-state index contributed by atoms with van der Waals surface area (Å²) in [6.07, 6.45) is 11.2. The molecule has 0 atom stereocenters. The Kier molecular flexibility index (Phi) is 6.40. The molecule has 0 heterocycles. The van der Waals surface area contributed by atoms with Gasteiger partial charge in [0.1, 0.15) is 0 Å². The molecule has 0 fully saturated rings. The van der Waals surface area contributed by atoms with E-state index in [1.54, 1.807) is 17.1 Å². The number of ketones is 1. The summed E-state index contributed by atoms with van der Waals surface area (Å²) < 4.78 is 0. The van der Waals surface area contributed by atoms with E-state index in [1.165, 1.54) is 0 Å². The minimum atomic E-state index is -0.344. The van der Waals surface area contributed by atoms with Crippen LogP contribution < -0.4 is 0 Å². The van der Waals surface area contributed by atoms with Gasteiger partial charge in [-0.1, -0.05) is 51.0 Å². The Labute approximate surface area is 110 Å². The zero-order valence-electron chi connectivity index (χ0n) is 11.4. The van der Waals surface area contributed by atoms with E-state index >= 15 is 0 Å². The van der Waals surface area contributed by atoms with Crippen LogP contribution in [0, 0.1) is 5.92 Å². The third-order valence-electron chi connectivity index (χ3n) is 3.11. The maximum atomic E-state index is 12.2. The van der Waals surface area contributed by atoms with Gasteiger partial charge in [-0.3, -0.25) is 9.59 Å². The molecule has 3 heteroatoms. The van der Waals surface area contributed by atoms with Gasteiger partial charge in [0.05, 0.1) is 5.92 Å². The average molecular weight is 249 g/mol. The number of carbonyl (C=O) groups excluding carboxylic acids is 2. The summed E-state index contributed by atoms with van der Waals surface area (Å²) in [5, 5.41) is 0. The molecule has 0 bridgehead atoms. The van der Waals surface area contributed by atoms with E-state index in [4.69, 9.17) is 0 Å². The maximum absolute atomic E-state index is 12.2. The van der Waals surface area contributed by atoms with Crippen LogP contribution in [0.25, 0.3) is 0 Å². The minimum Gasteiger partial charge on any atom is -0.336 e. The van der Waals surface area contributed by atoms with Crippen molar-refractivity contribution in [2.24, 2.45) is 5.92 Å². The topological polar surface area (TPSA) is 37.4 Å². The summed E-state index contributed by atoms with van der Waals surface area (Å²) in [5.41, 5.74) is 0. The number of Topliss-reactive ketones (excluding diaryl/α,β-unsaturated/α-hetero) is 1. The number of unbranched alkanes of at least 4 members (excludes halogenated alkanes) is 2. The van der Waals surface area contributed by atoms with Crippen molar-refractivity contribution in [1.29, 1.82) is 0 Å². The third kappa shape index (κ3) is 4.13. The summed E-state index contributed by atoms with van der Waals surface area (Å²) in [4.78, 5) is 25.9. The Morgan fingerprint density at radius 1 is 1.00 bits per heavy atom. The highest BCUT2D eigenvalue weighted by Gasteiger charge is 2.26. The zero-order chi connectivity index (χ0) is 13.4. The largest absolute Gasteiger partial charge is 0.336 e. The Bertz CT molecular complexity index is 324. The van der Waals surface area contributed by atoms with Gasteiger partial charge in [0, 0.05) is 13.1 Å². The molecule has 3 nitrogen and oxygen atoms in total. The molecule has 0 N–H and O–H groups in total. The van der Waals surface area contributed by atoms with Gasteiger partial charge in [0.15, 0.2) is 0 Å².